The number of nitriles is 1. The molecule has 100 valence electrons. The number of aliphatic hydroxyl groups is 1. The van der Waals surface area contributed by atoms with Crippen molar-refractivity contribution in [1.29, 1.82) is 5.26 Å². The Balaban J connectivity index is 2.28. The molecule has 0 aliphatic heterocycles. The van der Waals surface area contributed by atoms with Gasteiger partial charge in [0.05, 0.1) is 17.1 Å². The Morgan fingerprint density at radius 1 is 1.40 bits per heavy atom. The van der Waals surface area contributed by atoms with Gasteiger partial charge in [0.1, 0.15) is 17.3 Å². The molecular weight excluding hydrogens is 278 g/mol. The van der Waals surface area contributed by atoms with Gasteiger partial charge in [0.15, 0.2) is 0 Å². The van der Waals surface area contributed by atoms with Crippen molar-refractivity contribution in [2.24, 2.45) is 0 Å². The second-order valence-corrected chi connectivity index (χ2v) is 4.88. The first-order valence-corrected chi connectivity index (χ1v) is 6.38. The molecule has 6 nitrogen and oxygen atoms in total. The Bertz CT molecular complexity index is 680. The molecule has 0 bridgehead atoms. The van der Waals surface area contributed by atoms with Crippen molar-refractivity contribution in [3.05, 3.63) is 57.8 Å². The van der Waals surface area contributed by atoms with Crippen LogP contribution in [0.15, 0.2) is 46.5 Å². The quantitative estimate of drug-likeness (QED) is 0.685. The van der Waals surface area contributed by atoms with E-state index in [2.05, 4.69) is 4.98 Å². The van der Waals surface area contributed by atoms with E-state index in [0.29, 0.717) is 5.03 Å². The number of aromatic nitrogens is 1. The predicted octanol–water partition coefficient (Wildman–Crippen LogP) is 2.50. The van der Waals surface area contributed by atoms with Gasteiger partial charge in [-0.2, -0.15) is 5.26 Å². The number of benzene rings is 1. The zero-order valence-electron chi connectivity index (χ0n) is 10.2. The average Bonchev–Trinajstić information content (AvgIpc) is 2.48. The number of aliphatic hydroxyl groups excluding tert-OH is 1. The van der Waals surface area contributed by atoms with Gasteiger partial charge in [-0.05, 0) is 17.7 Å². The molecule has 2 rings (SSSR count). The van der Waals surface area contributed by atoms with Crippen molar-refractivity contribution in [3.8, 4) is 6.07 Å². The molecular formula is C13H9N3O3S. The molecule has 1 N–H and O–H groups in total. The van der Waals surface area contributed by atoms with Crippen molar-refractivity contribution < 1.29 is 10.0 Å². The topological polar surface area (TPSA) is 100 Å². The first-order chi connectivity index (χ1) is 9.63. The van der Waals surface area contributed by atoms with Crippen molar-refractivity contribution >= 4 is 17.4 Å². The van der Waals surface area contributed by atoms with E-state index >= 15 is 0 Å². The molecule has 20 heavy (non-hydrogen) atoms. The fourth-order valence-electron chi connectivity index (χ4n) is 1.48. The monoisotopic (exact) mass is 287 g/mol. The van der Waals surface area contributed by atoms with Crippen LogP contribution in [0.5, 0.6) is 0 Å². The summed E-state index contributed by atoms with van der Waals surface area (Å²) in [5.41, 5.74) is 0.739. The molecule has 0 radical (unpaired) electrons. The van der Waals surface area contributed by atoms with Gasteiger partial charge in [0.2, 0.25) is 0 Å². The van der Waals surface area contributed by atoms with E-state index in [-0.39, 0.29) is 17.9 Å². The van der Waals surface area contributed by atoms with Crippen LogP contribution in [0.4, 0.5) is 5.69 Å². The molecule has 0 spiro atoms. The van der Waals surface area contributed by atoms with Crippen LogP contribution in [0.3, 0.4) is 0 Å². The lowest BCUT2D eigenvalue weighted by atomic mass is 10.2. The Morgan fingerprint density at radius 3 is 2.65 bits per heavy atom. The molecule has 0 aliphatic rings. The highest BCUT2D eigenvalue weighted by molar-refractivity contribution is 7.99. The second-order valence-electron chi connectivity index (χ2n) is 3.82. The van der Waals surface area contributed by atoms with Crippen molar-refractivity contribution in [1.82, 2.24) is 4.98 Å². The third-order valence-electron chi connectivity index (χ3n) is 2.49. The third kappa shape index (κ3) is 3.12. The Morgan fingerprint density at radius 2 is 2.10 bits per heavy atom. The molecule has 1 aromatic heterocycles. The zero-order chi connectivity index (χ0) is 14.5. The van der Waals surface area contributed by atoms with Crippen LogP contribution in [0.25, 0.3) is 0 Å². The zero-order valence-corrected chi connectivity index (χ0v) is 11.0. The maximum atomic E-state index is 10.6. The largest absolute Gasteiger partial charge is 0.392 e. The van der Waals surface area contributed by atoms with Gasteiger partial charge in [-0.25, -0.2) is 4.98 Å². The smallest absolute Gasteiger partial charge is 0.288 e. The number of nitro groups is 1. The molecule has 0 fully saturated rings. The van der Waals surface area contributed by atoms with Gasteiger partial charge in [0.25, 0.3) is 5.69 Å². The van der Waals surface area contributed by atoms with Gasteiger partial charge in [-0.3, -0.25) is 10.1 Å². The number of rotatable bonds is 4. The molecule has 0 saturated heterocycles. The molecule has 0 aliphatic carbocycles. The Hall–Kier alpha value is -2.43. The summed E-state index contributed by atoms with van der Waals surface area (Å²) in [6.45, 7) is -0.0375. The van der Waals surface area contributed by atoms with E-state index in [1.54, 1.807) is 24.3 Å². The van der Waals surface area contributed by atoms with Crippen LogP contribution in [0.1, 0.15) is 11.1 Å². The van der Waals surface area contributed by atoms with Crippen LogP contribution in [0.2, 0.25) is 0 Å². The lowest BCUT2D eigenvalue weighted by Crippen LogP contribution is -1.93. The van der Waals surface area contributed by atoms with Crippen LogP contribution in [-0.2, 0) is 6.61 Å². The lowest BCUT2D eigenvalue weighted by Gasteiger charge is -2.03. The van der Waals surface area contributed by atoms with Gasteiger partial charge in [-0.15, -0.1) is 0 Å². The number of hydrogen-bond donors (Lipinski definition) is 1. The fraction of sp³-hybridized carbons (Fsp3) is 0.0769. The summed E-state index contributed by atoms with van der Waals surface area (Å²) in [7, 11) is 0. The average molecular weight is 287 g/mol. The number of pyridine rings is 1. The molecule has 0 atom stereocenters. The summed E-state index contributed by atoms with van der Waals surface area (Å²) >= 11 is 1.24. The van der Waals surface area contributed by atoms with E-state index in [4.69, 9.17) is 10.4 Å². The van der Waals surface area contributed by atoms with Gasteiger partial charge in [-0.1, -0.05) is 23.9 Å². The molecule has 0 saturated carbocycles. The highest BCUT2D eigenvalue weighted by Crippen LogP contribution is 2.30. The van der Waals surface area contributed by atoms with Crippen LogP contribution in [0, 0.1) is 21.4 Å². The SMILES string of the molecule is N#Cc1cc([N+](=O)[O-])cnc1Sc1ccc(CO)cc1. The maximum Gasteiger partial charge on any atom is 0.288 e. The number of hydrogen-bond acceptors (Lipinski definition) is 6. The van der Waals surface area contributed by atoms with Gasteiger partial charge in [0, 0.05) is 11.0 Å². The first-order valence-electron chi connectivity index (χ1n) is 5.56. The van der Waals surface area contributed by atoms with E-state index in [1.807, 2.05) is 6.07 Å². The Labute approximate surface area is 118 Å². The maximum absolute atomic E-state index is 10.6. The fourth-order valence-corrected chi connectivity index (χ4v) is 2.29. The van der Waals surface area contributed by atoms with E-state index in [1.165, 1.54) is 17.8 Å². The number of nitrogens with zero attached hydrogens (tertiary/aromatic N) is 3. The lowest BCUT2D eigenvalue weighted by molar-refractivity contribution is -0.385. The molecule has 2 aromatic rings. The molecule has 7 heteroatoms. The Kier molecular flexibility index (Phi) is 4.30. The summed E-state index contributed by atoms with van der Waals surface area (Å²) in [5, 5.41) is 29.0. The van der Waals surface area contributed by atoms with E-state index < -0.39 is 4.92 Å². The minimum atomic E-state index is -0.585. The molecule has 1 heterocycles. The normalized spacial score (nSPS) is 10.0. The van der Waals surface area contributed by atoms with Crippen LogP contribution >= 0.6 is 11.8 Å². The van der Waals surface area contributed by atoms with E-state index in [0.717, 1.165) is 16.7 Å². The first kappa shape index (κ1) is 14.0. The summed E-state index contributed by atoms with van der Waals surface area (Å²) in [5.74, 6) is 0. The van der Waals surface area contributed by atoms with Crippen molar-refractivity contribution in [2.75, 3.05) is 0 Å². The van der Waals surface area contributed by atoms with Crippen molar-refractivity contribution in [3.63, 3.8) is 0 Å². The predicted molar refractivity (Wildman–Crippen MR) is 72.1 cm³/mol. The second kappa shape index (κ2) is 6.14. The van der Waals surface area contributed by atoms with Crippen LogP contribution < -0.4 is 0 Å². The molecule has 0 amide bonds. The molecule has 0 unspecified atom stereocenters. The summed E-state index contributed by atoms with van der Waals surface area (Å²) < 4.78 is 0. The van der Waals surface area contributed by atoms with E-state index in [9.17, 15) is 10.1 Å². The third-order valence-corrected chi connectivity index (χ3v) is 3.51. The minimum absolute atomic E-state index is 0.0375. The standard InChI is InChI=1S/C13H9N3O3S/c14-6-10-5-11(16(18)19)7-15-13(10)20-12-3-1-9(8-17)2-4-12/h1-5,7,17H,8H2. The minimum Gasteiger partial charge on any atom is -0.392 e. The van der Waals surface area contributed by atoms with Crippen molar-refractivity contribution in [2.45, 2.75) is 16.5 Å². The highest BCUT2D eigenvalue weighted by atomic mass is 32.2. The summed E-state index contributed by atoms with van der Waals surface area (Å²) in [6.07, 6.45) is 1.13. The van der Waals surface area contributed by atoms with Gasteiger partial charge < -0.3 is 5.11 Å². The van der Waals surface area contributed by atoms with Gasteiger partial charge >= 0.3 is 0 Å². The summed E-state index contributed by atoms with van der Waals surface area (Å²) in [4.78, 5) is 14.8. The van der Waals surface area contributed by atoms with Crippen LogP contribution in [-0.4, -0.2) is 15.0 Å². The summed E-state index contributed by atoms with van der Waals surface area (Å²) in [6, 6.07) is 10.2. The highest BCUT2D eigenvalue weighted by Gasteiger charge is 2.13. The molecule has 1 aromatic carbocycles.